The molecule has 0 unspecified atom stereocenters. The maximum Gasteiger partial charge on any atom is 0.262 e. The van der Waals surface area contributed by atoms with Crippen molar-refractivity contribution in [1.29, 1.82) is 0 Å². The van der Waals surface area contributed by atoms with Gasteiger partial charge in [-0.2, -0.15) is 4.31 Å². The number of rotatable bonds is 7. The van der Waals surface area contributed by atoms with E-state index >= 15 is 0 Å². The molecule has 0 fully saturated rings. The molecule has 3 aromatic rings. The van der Waals surface area contributed by atoms with E-state index in [0.29, 0.717) is 34.4 Å². The molecule has 0 saturated heterocycles. The Kier molecular flexibility index (Phi) is 6.26. The Labute approximate surface area is 185 Å². The van der Waals surface area contributed by atoms with E-state index in [1.807, 2.05) is 18.2 Å². The molecule has 162 valence electrons. The highest BCUT2D eigenvalue weighted by molar-refractivity contribution is 7.91. The number of carbonyl (C=O) groups excluding carboxylic acids is 1. The lowest BCUT2D eigenvalue weighted by atomic mass is 10.0. The first kappa shape index (κ1) is 21.4. The van der Waals surface area contributed by atoms with Crippen molar-refractivity contribution in [2.45, 2.75) is 17.2 Å². The normalized spacial score (nSPS) is 14.0. The average molecular weight is 459 g/mol. The summed E-state index contributed by atoms with van der Waals surface area (Å²) in [6, 6.07) is 16.0. The van der Waals surface area contributed by atoms with Crippen molar-refractivity contribution in [2.24, 2.45) is 0 Å². The summed E-state index contributed by atoms with van der Waals surface area (Å²) in [4.78, 5) is 12.3. The van der Waals surface area contributed by atoms with Gasteiger partial charge in [-0.05, 0) is 53.3 Å². The summed E-state index contributed by atoms with van der Waals surface area (Å²) < 4.78 is 38.1. The van der Waals surface area contributed by atoms with Crippen LogP contribution in [0.15, 0.2) is 64.2 Å². The molecule has 2 heterocycles. The van der Waals surface area contributed by atoms with E-state index in [4.69, 9.17) is 9.47 Å². The van der Waals surface area contributed by atoms with Crippen LogP contribution in [0.4, 0.5) is 5.69 Å². The van der Waals surface area contributed by atoms with Gasteiger partial charge in [0.2, 0.25) is 0 Å². The Morgan fingerprint density at radius 2 is 1.94 bits per heavy atom. The first-order valence-electron chi connectivity index (χ1n) is 9.68. The number of benzene rings is 2. The minimum Gasteiger partial charge on any atom is -0.497 e. The molecule has 1 N–H and O–H groups in total. The summed E-state index contributed by atoms with van der Waals surface area (Å²) in [5.74, 6) is 0.880. The number of carbonyl (C=O) groups is 1. The Morgan fingerprint density at radius 3 is 2.71 bits per heavy atom. The van der Waals surface area contributed by atoms with E-state index in [1.165, 1.54) is 15.6 Å². The van der Waals surface area contributed by atoms with Crippen molar-refractivity contribution in [1.82, 2.24) is 4.31 Å². The molecule has 0 saturated carbocycles. The zero-order valence-electron chi connectivity index (χ0n) is 16.9. The zero-order valence-corrected chi connectivity index (χ0v) is 18.5. The second kappa shape index (κ2) is 9.09. The van der Waals surface area contributed by atoms with Crippen LogP contribution in [0.5, 0.6) is 11.5 Å². The standard InChI is InChI=1S/C22H22N2O5S2/c1-28-19-4-2-5-20(13-19)29-15-21(25)23-18-8-7-16-9-10-24(14-17(16)12-18)31(26,27)22-6-3-11-30-22/h2-8,11-13H,9-10,14-15H2,1H3,(H,23,25). The van der Waals surface area contributed by atoms with Gasteiger partial charge in [-0.15, -0.1) is 11.3 Å². The van der Waals surface area contributed by atoms with Gasteiger partial charge >= 0.3 is 0 Å². The summed E-state index contributed by atoms with van der Waals surface area (Å²) in [7, 11) is -1.94. The number of amides is 1. The highest BCUT2D eigenvalue weighted by atomic mass is 32.2. The van der Waals surface area contributed by atoms with Crippen LogP contribution in [0.3, 0.4) is 0 Å². The number of nitrogens with one attached hydrogen (secondary N) is 1. The molecule has 0 aliphatic carbocycles. The predicted octanol–water partition coefficient (Wildman–Crippen LogP) is 3.52. The molecular formula is C22H22N2O5S2. The Hall–Kier alpha value is -2.88. The van der Waals surface area contributed by atoms with Gasteiger partial charge in [-0.1, -0.05) is 18.2 Å². The SMILES string of the molecule is COc1cccc(OCC(=O)Nc2ccc3c(c2)CN(S(=O)(=O)c2cccs2)CC3)c1. The molecule has 1 aliphatic rings. The van der Waals surface area contributed by atoms with Crippen LogP contribution in [0.1, 0.15) is 11.1 Å². The molecule has 0 radical (unpaired) electrons. The lowest BCUT2D eigenvalue weighted by molar-refractivity contribution is -0.118. The second-order valence-corrected chi connectivity index (χ2v) is 10.1. The minimum atomic E-state index is -3.51. The third-order valence-corrected chi connectivity index (χ3v) is 8.19. The fourth-order valence-corrected chi connectivity index (χ4v) is 5.95. The van der Waals surface area contributed by atoms with E-state index < -0.39 is 10.0 Å². The maximum atomic E-state index is 12.8. The monoisotopic (exact) mass is 458 g/mol. The summed E-state index contributed by atoms with van der Waals surface area (Å²) in [5.41, 5.74) is 2.58. The van der Waals surface area contributed by atoms with Crippen LogP contribution in [-0.4, -0.2) is 38.9 Å². The Bertz CT molecular complexity index is 1180. The number of fused-ring (bicyclic) bond motifs is 1. The van der Waals surface area contributed by atoms with Crippen molar-refractivity contribution in [3.63, 3.8) is 0 Å². The predicted molar refractivity (Wildman–Crippen MR) is 119 cm³/mol. The van der Waals surface area contributed by atoms with Crippen LogP contribution >= 0.6 is 11.3 Å². The minimum absolute atomic E-state index is 0.150. The third-order valence-electron chi connectivity index (χ3n) is 4.97. The van der Waals surface area contributed by atoms with Crippen LogP contribution in [-0.2, 0) is 27.8 Å². The number of hydrogen-bond acceptors (Lipinski definition) is 6. The molecule has 0 bridgehead atoms. The lowest BCUT2D eigenvalue weighted by Crippen LogP contribution is -2.35. The maximum absolute atomic E-state index is 12.8. The van der Waals surface area contributed by atoms with Gasteiger partial charge in [0.05, 0.1) is 7.11 Å². The second-order valence-electron chi connectivity index (χ2n) is 7.02. The van der Waals surface area contributed by atoms with Crippen molar-refractivity contribution >= 4 is 33.0 Å². The number of nitrogens with zero attached hydrogens (tertiary/aromatic N) is 1. The van der Waals surface area contributed by atoms with Gasteiger partial charge in [0.25, 0.3) is 15.9 Å². The molecular weight excluding hydrogens is 436 g/mol. The van der Waals surface area contributed by atoms with Gasteiger partial charge in [0.15, 0.2) is 6.61 Å². The van der Waals surface area contributed by atoms with E-state index in [1.54, 1.807) is 48.9 Å². The van der Waals surface area contributed by atoms with Crippen LogP contribution in [0, 0.1) is 0 Å². The molecule has 0 spiro atoms. The van der Waals surface area contributed by atoms with Gasteiger partial charge < -0.3 is 14.8 Å². The zero-order chi connectivity index (χ0) is 21.8. The smallest absolute Gasteiger partial charge is 0.262 e. The highest BCUT2D eigenvalue weighted by Gasteiger charge is 2.29. The van der Waals surface area contributed by atoms with E-state index in [9.17, 15) is 13.2 Å². The molecule has 1 amide bonds. The average Bonchev–Trinajstić information content (AvgIpc) is 3.33. The highest BCUT2D eigenvalue weighted by Crippen LogP contribution is 2.28. The largest absolute Gasteiger partial charge is 0.497 e. The number of anilines is 1. The first-order chi connectivity index (χ1) is 15.0. The van der Waals surface area contributed by atoms with Crippen LogP contribution in [0.2, 0.25) is 0 Å². The quantitative estimate of drug-likeness (QED) is 0.586. The van der Waals surface area contributed by atoms with Gasteiger partial charge in [0, 0.05) is 24.8 Å². The third kappa shape index (κ3) is 4.90. The van der Waals surface area contributed by atoms with Gasteiger partial charge in [-0.25, -0.2) is 8.42 Å². The number of ether oxygens (including phenoxy) is 2. The Morgan fingerprint density at radius 1 is 1.10 bits per heavy atom. The van der Waals surface area contributed by atoms with Gasteiger partial charge in [-0.3, -0.25) is 4.79 Å². The molecule has 0 atom stereocenters. The Balaban J connectivity index is 1.40. The fraction of sp³-hybridized carbons (Fsp3) is 0.227. The summed E-state index contributed by atoms with van der Waals surface area (Å²) in [6.45, 7) is 0.566. The number of hydrogen-bond donors (Lipinski definition) is 1. The summed E-state index contributed by atoms with van der Waals surface area (Å²) in [5, 5.41) is 4.57. The summed E-state index contributed by atoms with van der Waals surface area (Å²) in [6.07, 6.45) is 0.632. The van der Waals surface area contributed by atoms with Crippen LogP contribution < -0.4 is 14.8 Å². The number of sulfonamides is 1. The number of thiophene rings is 1. The van der Waals surface area contributed by atoms with Crippen molar-refractivity contribution in [3.05, 3.63) is 71.1 Å². The van der Waals surface area contributed by atoms with Crippen molar-refractivity contribution < 1.29 is 22.7 Å². The van der Waals surface area contributed by atoms with Crippen LogP contribution in [0.25, 0.3) is 0 Å². The summed E-state index contributed by atoms with van der Waals surface area (Å²) >= 11 is 1.21. The van der Waals surface area contributed by atoms with E-state index in [0.717, 1.165) is 11.1 Å². The fourth-order valence-electron chi connectivity index (χ4n) is 3.39. The molecule has 1 aliphatic heterocycles. The lowest BCUT2D eigenvalue weighted by Gasteiger charge is -2.28. The topological polar surface area (TPSA) is 84.9 Å². The molecule has 1 aromatic heterocycles. The molecule has 9 heteroatoms. The molecule has 7 nitrogen and oxygen atoms in total. The molecule has 4 rings (SSSR count). The first-order valence-corrected chi connectivity index (χ1v) is 12.0. The molecule has 31 heavy (non-hydrogen) atoms. The molecule has 2 aromatic carbocycles. The van der Waals surface area contributed by atoms with E-state index in [-0.39, 0.29) is 19.1 Å². The van der Waals surface area contributed by atoms with Gasteiger partial charge in [0.1, 0.15) is 15.7 Å². The van der Waals surface area contributed by atoms with Crippen molar-refractivity contribution in [2.75, 3.05) is 25.6 Å². The van der Waals surface area contributed by atoms with E-state index in [2.05, 4.69) is 5.32 Å². The number of methoxy groups -OCH3 is 1. The van der Waals surface area contributed by atoms with Crippen molar-refractivity contribution in [3.8, 4) is 11.5 Å².